The van der Waals surface area contributed by atoms with Gasteiger partial charge in [0.25, 0.3) is 0 Å². The van der Waals surface area contributed by atoms with Crippen molar-refractivity contribution in [1.29, 1.82) is 0 Å². The van der Waals surface area contributed by atoms with Crippen molar-refractivity contribution in [3.8, 4) is 0 Å². The van der Waals surface area contributed by atoms with Gasteiger partial charge >= 0.3 is 0 Å². The Bertz CT molecular complexity index is 770. The van der Waals surface area contributed by atoms with E-state index in [9.17, 15) is 0 Å². The molecule has 2 aliphatic heterocycles. The minimum Gasteiger partial charge on any atom is -0.361 e. The largest absolute Gasteiger partial charge is 0.361 e. The lowest BCUT2D eigenvalue weighted by Gasteiger charge is -2.44. The molecule has 2 nitrogen and oxygen atoms in total. The van der Waals surface area contributed by atoms with Crippen LogP contribution in [-0.2, 0) is 12.8 Å². The van der Waals surface area contributed by atoms with Crippen LogP contribution in [0.5, 0.6) is 0 Å². The summed E-state index contributed by atoms with van der Waals surface area (Å²) in [5.41, 5.74) is 7.40. The molecule has 0 spiro atoms. The number of hydrogen-bond donors (Lipinski definition) is 0. The second-order valence-corrected chi connectivity index (χ2v) is 7.27. The van der Waals surface area contributed by atoms with Gasteiger partial charge < -0.3 is 4.90 Å². The molecule has 1 saturated heterocycles. The number of benzene rings is 2. The molecule has 0 unspecified atom stereocenters. The van der Waals surface area contributed by atoms with Crippen molar-refractivity contribution in [3.63, 3.8) is 0 Å². The number of fused-ring (bicyclic) bond motifs is 2. The summed E-state index contributed by atoms with van der Waals surface area (Å²) >= 11 is 6.31. The Morgan fingerprint density at radius 3 is 2.82 bits per heavy atom. The number of hydrogen-bond acceptors (Lipinski definition) is 2. The maximum absolute atomic E-state index is 6.31. The summed E-state index contributed by atoms with van der Waals surface area (Å²) in [5.74, 6) is 0. The standard InChI is InChI=1S/C19H19ClN2/c1-21-7-8-22-16-11-15(20)6-5-12(16)9-13-3-2-4-14-10-17(21)19(22)18(13)14/h2-6,11,17,19H,7-10H2,1H3/t17-,19+/m0/s1. The van der Waals surface area contributed by atoms with Crippen LogP contribution in [0.4, 0.5) is 5.69 Å². The van der Waals surface area contributed by atoms with Crippen LogP contribution in [0, 0.1) is 0 Å². The maximum atomic E-state index is 6.31. The van der Waals surface area contributed by atoms with E-state index in [4.69, 9.17) is 11.6 Å². The maximum Gasteiger partial charge on any atom is 0.0707 e. The van der Waals surface area contributed by atoms with Crippen molar-refractivity contribution in [2.75, 3.05) is 25.0 Å². The van der Waals surface area contributed by atoms with Gasteiger partial charge in [0.1, 0.15) is 0 Å². The molecular weight excluding hydrogens is 292 g/mol. The Kier molecular flexibility index (Phi) is 2.65. The normalized spacial score (nSPS) is 25.6. The molecule has 0 saturated carbocycles. The fourth-order valence-corrected chi connectivity index (χ4v) is 4.83. The number of halogens is 1. The molecular formula is C19H19ClN2. The predicted octanol–water partition coefficient (Wildman–Crippen LogP) is 3.66. The summed E-state index contributed by atoms with van der Waals surface area (Å²) in [6.07, 6.45) is 2.20. The summed E-state index contributed by atoms with van der Waals surface area (Å²) in [5, 5.41) is 0.846. The van der Waals surface area contributed by atoms with Gasteiger partial charge in [0, 0.05) is 29.8 Å². The van der Waals surface area contributed by atoms with E-state index in [1.165, 1.54) is 23.2 Å². The van der Waals surface area contributed by atoms with E-state index in [2.05, 4.69) is 47.2 Å². The molecule has 22 heavy (non-hydrogen) atoms. The Morgan fingerprint density at radius 1 is 1.05 bits per heavy atom. The minimum atomic E-state index is 0.490. The number of rotatable bonds is 0. The number of likely N-dealkylation sites (N-methyl/N-ethyl adjacent to an activating group) is 1. The first-order valence-electron chi connectivity index (χ1n) is 8.08. The number of nitrogens with zero attached hydrogens (tertiary/aromatic N) is 2. The zero-order valence-corrected chi connectivity index (χ0v) is 13.5. The van der Waals surface area contributed by atoms with E-state index in [0.29, 0.717) is 12.1 Å². The molecule has 2 atom stereocenters. The summed E-state index contributed by atoms with van der Waals surface area (Å²) in [6, 6.07) is 14.4. The molecule has 0 amide bonds. The van der Waals surface area contributed by atoms with Gasteiger partial charge in [-0.05, 0) is 54.3 Å². The van der Waals surface area contributed by atoms with Crippen molar-refractivity contribution in [3.05, 3.63) is 63.7 Å². The Hall–Kier alpha value is -1.51. The first-order valence-corrected chi connectivity index (χ1v) is 8.46. The predicted molar refractivity (Wildman–Crippen MR) is 90.9 cm³/mol. The first-order chi connectivity index (χ1) is 10.7. The molecule has 2 heterocycles. The monoisotopic (exact) mass is 310 g/mol. The van der Waals surface area contributed by atoms with Crippen molar-refractivity contribution in [2.24, 2.45) is 0 Å². The fraction of sp³-hybridized carbons (Fsp3) is 0.368. The topological polar surface area (TPSA) is 6.48 Å². The average Bonchev–Trinajstić information content (AvgIpc) is 2.84. The Morgan fingerprint density at radius 2 is 1.91 bits per heavy atom. The molecule has 2 aromatic carbocycles. The highest BCUT2D eigenvalue weighted by molar-refractivity contribution is 6.30. The van der Waals surface area contributed by atoms with Gasteiger partial charge in [0.2, 0.25) is 0 Å². The molecule has 0 aromatic heterocycles. The third kappa shape index (κ3) is 1.65. The molecule has 5 rings (SSSR count). The molecule has 0 radical (unpaired) electrons. The van der Waals surface area contributed by atoms with Crippen LogP contribution < -0.4 is 4.90 Å². The average molecular weight is 311 g/mol. The van der Waals surface area contributed by atoms with Crippen LogP contribution >= 0.6 is 11.6 Å². The van der Waals surface area contributed by atoms with Gasteiger partial charge in [-0.15, -0.1) is 0 Å². The Balaban J connectivity index is 1.78. The van der Waals surface area contributed by atoms with Crippen LogP contribution in [0.3, 0.4) is 0 Å². The van der Waals surface area contributed by atoms with E-state index in [0.717, 1.165) is 24.5 Å². The van der Waals surface area contributed by atoms with E-state index in [-0.39, 0.29) is 0 Å². The lowest BCUT2D eigenvalue weighted by Crippen LogP contribution is -2.52. The Labute approximate surface area is 136 Å². The first kappa shape index (κ1) is 13.0. The van der Waals surface area contributed by atoms with Crippen molar-refractivity contribution in [1.82, 2.24) is 4.90 Å². The summed E-state index contributed by atoms with van der Waals surface area (Å²) < 4.78 is 0. The molecule has 0 bridgehead atoms. The lowest BCUT2D eigenvalue weighted by molar-refractivity contribution is 0.186. The summed E-state index contributed by atoms with van der Waals surface area (Å²) in [6.45, 7) is 2.20. The number of anilines is 1. The van der Waals surface area contributed by atoms with Gasteiger partial charge in [-0.2, -0.15) is 0 Å². The quantitative estimate of drug-likeness (QED) is 0.732. The third-order valence-electron chi connectivity index (χ3n) is 5.71. The van der Waals surface area contributed by atoms with Crippen LogP contribution in [0.2, 0.25) is 5.02 Å². The second kappa shape index (κ2) is 4.50. The highest BCUT2D eigenvalue weighted by Crippen LogP contribution is 2.48. The van der Waals surface area contributed by atoms with Crippen molar-refractivity contribution >= 4 is 17.3 Å². The second-order valence-electron chi connectivity index (χ2n) is 6.83. The fourth-order valence-electron chi connectivity index (χ4n) is 4.67. The molecule has 3 heteroatoms. The van der Waals surface area contributed by atoms with Crippen molar-refractivity contribution < 1.29 is 0 Å². The molecule has 3 aliphatic rings. The van der Waals surface area contributed by atoms with Gasteiger partial charge in [-0.1, -0.05) is 35.9 Å². The smallest absolute Gasteiger partial charge is 0.0707 e. The zero-order valence-electron chi connectivity index (χ0n) is 12.7. The van der Waals surface area contributed by atoms with E-state index in [1.807, 2.05) is 6.07 Å². The van der Waals surface area contributed by atoms with E-state index in [1.54, 1.807) is 11.1 Å². The zero-order chi connectivity index (χ0) is 14.8. The van der Waals surface area contributed by atoms with Gasteiger partial charge in [0.15, 0.2) is 0 Å². The van der Waals surface area contributed by atoms with Crippen LogP contribution in [0.25, 0.3) is 0 Å². The molecule has 1 aliphatic carbocycles. The minimum absolute atomic E-state index is 0.490. The van der Waals surface area contributed by atoms with Gasteiger partial charge in [-0.3, -0.25) is 4.90 Å². The van der Waals surface area contributed by atoms with E-state index >= 15 is 0 Å². The lowest BCUT2D eigenvalue weighted by atomic mass is 9.96. The molecule has 2 aromatic rings. The third-order valence-corrected chi connectivity index (χ3v) is 5.94. The van der Waals surface area contributed by atoms with Gasteiger partial charge in [-0.25, -0.2) is 0 Å². The van der Waals surface area contributed by atoms with Crippen molar-refractivity contribution in [2.45, 2.75) is 24.9 Å². The molecule has 112 valence electrons. The highest BCUT2D eigenvalue weighted by Gasteiger charge is 2.44. The van der Waals surface area contributed by atoms with Crippen LogP contribution in [0.15, 0.2) is 36.4 Å². The SMILES string of the molecule is CN1CCN2c3cc(Cl)ccc3Cc3cccc4c3[C@H]2[C@@H]1C4. The summed E-state index contributed by atoms with van der Waals surface area (Å²) in [4.78, 5) is 5.16. The summed E-state index contributed by atoms with van der Waals surface area (Å²) in [7, 11) is 2.28. The van der Waals surface area contributed by atoms with Gasteiger partial charge in [0.05, 0.1) is 6.04 Å². The van der Waals surface area contributed by atoms with E-state index < -0.39 is 0 Å². The molecule has 1 fully saturated rings. The highest BCUT2D eigenvalue weighted by atomic mass is 35.5. The van der Waals surface area contributed by atoms with Crippen LogP contribution in [0.1, 0.15) is 28.3 Å². The molecule has 0 N–H and O–H groups in total. The number of piperazine rings is 1. The van der Waals surface area contributed by atoms with Crippen LogP contribution in [-0.4, -0.2) is 31.1 Å².